The van der Waals surface area contributed by atoms with Crippen molar-refractivity contribution in [3.05, 3.63) is 11.1 Å². The van der Waals surface area contributed by atoms with Gasteiger partial charge >= 0.3 is 0 Å². The third-order valence-electron chi connectivity index (χ3n) is 2.43. The second-order valence-corrected chi connectivity index (χ2v) is 4.78. The molecule has 0 atom stereocenters. The number of carbonyl (C=O) groups excluding carboxylic acids is 2. The Labute approximate surface area is 117 Å². The van der Waals surface area contributed by atoms with Crippen LogP contribution in [-0.2, 0) is 16.1 Å². The highest BCUT2D eigenvalue weighted by Gasteiger charge is 2.13. The molecule has 0 aliphatic rings. The summed E-state index contributed by atoms with van der Waals surface area (Å²) in [5.74, 6) is -0.0458. The van der Waals surface area contributed by atoms with E-state index in [1.165, 1.54) is 18.3 Å². The van der Waals surface area contributed by atoms with Crippen molar-refractivity contribution in [3.63, 3.8) is 0 Å². The minimum absolute atomic E-state index is 0.0151. The van der Waals surface area contributed by atoms with Crippen LogP contribution in [0.1, 0.15) is 26.5 Å². The Morgan fingerprint density at radius 2 is 2.16 bits per heavy atom. The van der Waals surface area contributed by atoms with Gasteiger partial charge in [0.2, 0.25) is 11.8 Å². The lowest BCUT2D eigenvalue weighted by Crippen LogP contribution is -2.33. The van der Waals surface area contributed by atoms with Crippen LogP contribution in [0.5, 0.6) is 0 Å². The molecular weight excluding hydrogens is 264 g/mol. The van der Waals surface area contributed by atoms with Crippen molar-refractivity contribution in [2.24, 2.45) is 0 Å². The molecule has 106 valence electrons. The standard InChI is InChI=1S/C12H20N4O2S/c1-4-14-11(18)7-13-6-10-8-19-12(15-10)16(5-2)9(3)17/h8,13H,4-7H2,1-3H3,(H,14,18). The number of hydrogen-bond acceptors (Lipinski definition) is 5. The Bertz CT molecular complexity index is 433. The number of aromatic nitrogens is 1. The largest absolute Gasteiger partial charge is 0.355 e. The average molecular weight is 284 g/mol. The van der Waals surface area contributed by atoms with Gasteiger partial charge in [0.05, 0.1) is 12.2 Å². The number of rotatable bonds is 7. The van der Waals surface area contributed by atoms with E-state index in [4.69, 9.17) is 0 Å². The van der Waals surface area contributed by atoms with Gasteiger partial charge in [-0.2, -0.15) is 0 Å². The number of anilines is 1. The Balaban J connectivity index is 2.47. The molecule has 0 bridgehead atoms. The summed E-state index contributed by atoms with van der Waals surface area (Å²) in [6.07, 6.45) is 0. The zero-order chi connectivity index (χ0) is 14.3. The summed E-state index contributed by atoms with van der Waals surface area (Å²) in [5.41, 5.74) is 0.837. The van der Waals surface area contributed by atoms with Crippen LogP contribution in [0.15, 0.2) is 5.38 Å². The number of carbonyl (C=O) groups is 2. The van der Waals surface area contributed by atoms with Crippen molar-refractivity contribution < 1.29 is 9.59 Å². The van der Waals surface area contributed by atoms with E-state index in [1.807, 2.05) is 19.2 Å². The zero-order valence-corrected chi connectivity index (χ0v) is 12.3. The molecule has 1 rings (SSSR count). The van der Waals surface area contributed by atoms with Crippen LogP contribution in [0, 0.1) is 0 Å². The second-order valence-electron chi connectivity index (χ2n) is 3.94. The number of thiazole rings is 1. The first kappa shape index (κ1) is 15.6. The van der Waals surface area contributed by atoms with E-state index in [2.05, 4.69) is 15.6 Å². The molecule has 0 aliphatic carbocycles. The van der Waals surface area contributed by atoms with E-state index < -0.39 is 0 Å². The molecule has 7 heteroatoms. The van der Waals surface area contributed by atoms with Crippen molar-refractivity contribution in [1.29, 1.82) is 0 Å². The van der Waals surface area contributed by atoms with Gasteiger partial charge in [-0.15, -0.1) is 11.3 Å². The third kappa shape index (κ3) is 4.96. The SMILES string of the molecule is CCNC(=O)CNCc1csc(N(CC)C(C)=O)n1. The van der Waals surface area contributed by atoms with Crippen LogP contribution in [0.3, 0.4) is 0 Å². The summed E-state index contributed by atoms with van der Waals surface area (Å²) in [4.78, 5) is 28.6. The quantitative estimate of drug-likeness (QED) is 0.774. The van der Waals surface area contributed by atoms with Crippen molar-refractivity contribution in [2.75, 3.05) is 24.5 Å². The molecule has 6 nitrogen and oxygen atoms in total. The van der Waals surface area contributed by atoms with Gasteiger partial charge < -0.3 is 10.6 Å². The highest BCUT2D eigenvalue weighted by Crippen LogP contribution is 2.20. The first-order valence-corrected chi connectivity index (χ1v) is 7.16. The molecule has 1 aromatic heterocycles. The number of amides is 2. The van der Waals surface area contributed by atoms with E-state index in [9.17, 15) is 9.59 Å². The van der Waals surface area contributed by atoms with Crippen LogP contribution >= 0.6 is 11.3 Å². The fourth-order valence-corrected chi connectivity index (χ4v) is 2.49. The topological polar surface area (TPSA) is 74.3 Å². The lowest BCUT2D eigenvalue weighted by atomic mass is 10.4. The van der Waals surface area contributed by atoms with Crippen LogP contribution in [0.4, 0.5) is 5.13 Å². The third-order valence-corrected chi connectivity index (χ3v) is 3.34. The monoisotopic (exact) mass is 284 g/mol. The lowest BCUT2D eigenvalue weighted by Gasteiger charge is -2.14. The molecule has 2 N–H and O–H groups in total. The van der Waals surface area contributed by atoms with E-state index >= 15 is 0 Å². The number of nitrogens with one attached hydrogen (secondary N) is 2. The first-order chi connectivity index (χ1) is 9.08. The molecule has 1 aromatic rings. The fraction of sp³-hybridized carbons (Fsp3) is 0.583. The molecule has 0 spiro atoms. The zero-order valence-electron chi connectivity index (χ0n) is 11.5. The highest BCUT2D eigenvalue weighted by molar-refractivity contribution is 7.14. The van der Waals surface area contributed by atoms with Gasteiger partial charge in [-0.3, -0.25) is 14.5 Å². The van der Waals surface area contributed by atoms with Gasteiger partial charge in [0, 0.05) is 31.9 Å². The molecule has 1 heterocycles. The summed E-state index contributed by atoms with van der Waals surface area (Å²) in [6, 6.07) is 0. The second kappa shape index (κ2) is 7.85. The normalized spacial score (nSPS) is 10.3. The maximum atomic E-state index is 11.4. The predicted octanol–water partition coefficient (Wildman–Crippen LogP) is 0.742. The van der Waals surface area contributed by atoms with Crippen molar-refractivity contribution >= 4 is 28.3 Å². The summed E-state index contributed by atoms with van der Waals surface area (Å²) in [5, 5.41) is 8.32. The molecule has 0 unspecified atom stereocenters. The van der Waals surface area contributed by atoms with Crippen LogP contribution in [0.2, 0.25) is 0 Å². The number of hydrogen-bond donors (Lipinski definition) is 2. The van der Waals surface area contributed by atoms with Crippen molar-refractivity contribution in [3.8, 4) is 0 Å². The van der Waals surface area contributed by atoms with E-state index in [0.29, 0.717) is 24.8 Å². The minimum atomic E-state index is -0.0307. The maximum Gasteiger partial charge on any atom is 0.233 e. The summed E-state index contributed by atoms with van der Waals surface area (Å²) >= 11 is 1.43. The Morgan fingerprint density at radius 3 is 2.74 bits per heavy atom. The minimum Gasteiger partial charge on any atom is -0.355 e. The van der Waals surface area contributed by atoms with Crippen LogP contribution in [-0.4, -0.2) is 36.4 Å². The number of likely N-dealkylation sites (N-methyl/N-ethyl adjacent to an activating group) is 1. The Hall–Kier alpha value is -1.47. The van der Waals surface area contributed by atoms with Crippen molar-refractivity contribution in [1.82, 2.24) is 15.6 Å². The molecule has 0 radical (unpaired) electrons. The maximum absolute atomic E-state index is 11.4. The van der Waals surface area contributed by atoms with Gasteiger partial charge in [-0.05, 0) is 13.8 Å². The van der Waals surface area contributed by atoms with Crippen molar-refractivity contribution in [2.45, 2.75) is 27.3 Å². The molecule has 2 amide bonds. The van der Waals surface area contributed by atoms with Crippen LogP contribution < -0.4 is 15.5 Å². The average Bonchev–Trinajstić information content (AvgIpc) is 2.78. The Morgan fingerprint density at radius 1 is 1.42 bits per heavy atom. The summed E-state index contributed by atoms with van der Waals surface area (Å²) in [7, 11) is 0. The highest BCUT2D eigenvalue weighted by atomic mass is 32.1. The lowest BCUT2D eigenvalue weighted by molar-refractivity contribution is -0.120. The number of nitrogens with zero attached hydrogens (tertiary/aromatic N) is 2. The van der Waals surface area contributed by atoms with E-state index in [0.717, 1.165) is 5.69 Å². The van der Waals surface area contributed by atoms with Gasteiger partial charge in [0.25, 0.3) is 0 Å². The van der Waals surface area contributed by atoms with E-state index in [-0.39, 0.29) is 18.4 Å². The van der Waals surface area contributed by atoms with Crippen LogP contribution in [0.25, 0.3) is 0 Å². The molecule has 0 aromatic carbocycles. The molecule has 19 heavy (non-hydrogen) atoms. The fourth-order valence-electron chi connectivity index (χ4n) is 1.56. The first-order valence-electron chi connectivity index (χ1n) is 6.28. The Kier molecular flexibility index (Phi) is 6.44. The van der Waals surface area contributed by atoms with Gasteiger partial charge in [0.15, 0.2) is 5.13 Å². The van der Waals surface area contributed by atoms with Gasteiger partial charge in [0.1, 0.15) is 0 Å². The molecular formula is C12H20N4O2S. The van der Waals surface area contributed by atoms with Gasteiger partial charge in [-0.25, -0.2) is 4.98 Å². The predicted molar refractivity (Wildman–Crippen MR) is 76.2 cm³/mol. The molecule has 0 saturated carbocycles. The van der Waals surface area contributed by atoms with E-state index in [1.54, 1.807) is 4.90 Å². The molecule has 0 saturated heterocycles. The smallest absolute Gasteiger partial charge is 0.233 e. The summed E-state index contributed by atoms with van der Waals surface area (Å²) < 4.78 is 0. The molecule has 0 fully saturated rings. The van der Waals surface area contributed by atoms with Gasteiger partial charge in [-0.1, -0.05) is 0 Å². The summed E-state index contributed by atoms with van der Waals surface area (Å²) in [6.45, 7) is 7.34. The molecule has 0 aliphatic heterocycles.